The quantitative estimate of drug-likeness (QED) is 0.640. The fourth-order valence-corrected chi connectivity index (χ4v) is 1.67. The van der Waals surface area contributed by atoms with E-state index < -0.39 is 0 Å². The highest BCUT2D eigenvalue weighted by Gasteiger charge is 2.36. The number of nitriles is 1. The molecular formula is C9H14N2OS. The van der Waals surface area contributed by atoms with Crippen LogP contribution in [-0.4, -0.2) is 29.1 Å². The summed E-state index contributed by atoms with van der Waals surface area (Å²) in [6, 6.07) is 2.25. The van der Waals surface area contributed by atoms with Gasteiger partial charge in [-0.1, -0.05) is 0 Å². The smallest absolute Gasteiger partial charge is 0.235 e. The van der Waals surface area contributed by atoms with Crippen molar-refractivity contribution in [2.45, 2.75) is 25.5 Å². The number of hydrogen-bond donors (Lipinski definition) is 1. The molecule has 0 aromatic rings. The lowest BCUT2D eigenvalue weighted by Gasteiger charge is -2.19. The van der Waals surface area contributed by atoms with Gasteiger partial charge in [-0.2, -0.15) is 17.9 Å². The minimum absolute atomic E-state index is 0.0299. The minimum Gasteiger partial charge on any atom is -0.340 e. The van der Waals surface area contributed by atoms with Crippen molar-refractivity contribution in [3.63, 3.8) is 0 Å². The van der Waals surface area contributed by atoms with Crippen LogP contribution < -0.4 is 0 Å². The van der Waals surface area contributed by atoms with Crippen molar-refractivity contribution in [3.8, 4) is 6.07 Å². The third-order valence-corrected chi connectivity index (χ3v) is 2.63. The lowest BCUT2D eigenvalue weighted by molar-refractivity contribution is -0.129. The molecule has 3 nitrogen and oxygen atoms in total. The Hall–Kier alpha value is -0.690. The summed E-state index contributed by atoms with van der Waals surface area (Å²) >= 11 is 4.08. The zero-order valence-electron chi connectivity index (χ0n) is 7.95. The Labute approximate surface area is 84.1 Å². The van der Waals surface area contributed by atoms with E-state index in [9.17, 15) is 4.79 Å². The normalized spacial score (nSPS) is 29.8. The zero-order valence-corrected chi connectivity index (χ0v) is 8.84. The van der Waals surface area contributed by atoms with Crippen molar-refractivity contribution in [2.75, 3.05) is 13.1 Å². The fraction of sp³-hybridized carbons (Fsp3) is 0.778. The van der Waals surface area contributed by atoms with Gasteiger partial charge in [-0.05, 0) is 20.3 Å². The zero-order chi connectivity index (χ0) is 10.1. The van der Waals surface area contributed by atoms with E-state index in [4.69, 9.17) is 5.26 Å². The Morgan fingerprint density at radius 1 is 1.77 bits per heavy atom. The number of carbonyl (C=O) groups is 1. The Bertz CT molecular complexity index is 259. The highest BCUT2D eigenvalue weighted by molar-refractivity contribution is 7.81. The lowest BCUT2D eigenvalue weighted by Crippen LogP contribution is -2.35. The maximum atomic E-state index is 11.5. The second kappa shape index (κ2) is 3.59. The Morgan fingerprint density at radius 3 is 2.77 bits per heavy atom. The van der Waals surface area contributed by atoms with Crippen molar-refractivity contribution >= 4 is 18.5 Å². The molecular weight excluding hydrogens is 184 g/mol. The Morgan fingerprint density at radius 2 is 2.38 bits per heavy atom. The maximum absolute atomic E-state index is 11.5. The van der Waals surface area contributed by atoms with E-state index in [1.165, 1.54) is 0 Å². The van der Waals surface area contributed by atoms with Crippen molar-refractivity contribution in [1.29, 1.82) is 5.26 Å². The maximum Gasteiger partial charge on any atom is 0.235 e. The van der Waals surface area contributed by atoms with Crippen LogP contribution in [0.2, 0.25) is 0 Å². The predicted molar refractivity (Wildman–Crippen MR) is 53.4 cm³/mol. The van der Waals surface area contributed by atoms with Gasteiger partial charge in [0.1, 0.15) is 0 Å². The van der Waals surface area contributed by atoms with E-state index in [0.29, 0.717) is 13.1 Å². The van der Waals surface area contributed by atoms with E-state index in [1.807, 2.05) is 6.92 Å². The summed E-state index contributed by atoms with van der Waals surface area (Å²) in [5.74, 6) is 0.0299. The van der Waals surface area contributed by atoms with Gasteiger partial charge in [0.25, 0.3) is 0 Å². The molecule has 0 radical (unpaired) electrons. The Kier molecular flexibility index (Phi) is 2.87. The number of thiol groups is 1. The molecule has 0 N–H and O–H groups in total. The monoisotopic (exact) mass is 198 g/mol. The van der Waals surface area contributed by atoms with Gasteiger partial charge in [-0.15, -0.1) is 0 Å². The van der Waals surface area contributed by atoms with Crippen molar-refractivity contribution in [3.05, 3.63) is 0 Å². The number of carbonyl (C=O) groups excluding carboxylic acids is 1. The van der Waals surface area contributed by atoms with Gasteiger partial charge in [-0.3, -0.25) is 4.79 Å². The average molecular weight is 198 g/mol. The number of nitrogens with zero attached hydrogens (tertiary/aromatic N) is 2. The number of amides is 1. The molecule has 13 heavy (non-hydrogen) atoms. The van der Waals surface area contributed by atoms with Crippen LogP contribution in [0.1, 0.15) is 20.3 Å². The van der Waals surface area contributed by atoms with Crippen LogP contribution in [0, 0.1) is 16.7 Å². The summed E-state index contributed by atoms with van der Waals surface area (Å²) in [4.78, 5) is 13.2. The largest absolute Gasteiger partial charge is 0.340 e. The average Bonchev–Trinajstić information content (AvgIpc) is 2.47. The molecule has 1 aliphatic heterocycles. The second-order valence-corrected chi connectivity index (χ2v) is 4.63. The van der Waals surface area contributed by atoms with Crippen molar-refractivity contribution in [1.82, 2.24) is 4.90 Å². The van der Waals surface area contributed by atoms with Crippen LogP contribution in [0.3, 0.4) is 0 Å². The molecule has 4 heteroatoms. The minimum atomic E-state index is -0.349. The molecule has 1 heterocycles. The third kappa shape index (κ3) is 2.16. The van der Waals surface area contributed by atoms with E-state index in [-0.39, 0.29) is 16.6 Å². The molecule has 0 aromatic carbocycles. The van der Waals surface area contributed by atoms with Crippen LogP contribution in [0.15, 0.2) is 0 Å². The first-order valence-electron chi connectivity index (χ1n) is 4.37. The van der Waals surface area contributed by atoms with Crippen LogP contribution in [0.4, 0.5) is 0 Å². The molecule has 0 saturated carbocycles. The predicted octanol–water partition coefficient (Wildman–Crippen LogP) is 1.07. The third-order valence-electron chi connectivity index (χ3n) is 2.41. The molecule has 2 unspecified atom stereocenters. The standard InChI is InChI=1S/C9H14N2OS/c1-7(13)8(12)11-4-3-9(2,5-10)6-11/h7,13H,3-4,6H2,1-2H3. The van der Waals surface area contributed by atoms with Crippen LogP contribution in [-0.2, 0) is 4.79 Å². The van der Waals surface area contributed by atoms with E-state index in [1.54, 1.807) is 11.8 Å². The summed E-state index contributed by atoms with van der Waals surface area (Å²) < 4.78 is 0. The van der Waals surface area contributed by atoms with Gasteiger partial charge >= 0.3 is 0 Å². The molecule has 0 aliphatic carbocycles. The van der Waals surface area contributed by atoms with E-state index >= 15 is 0 Å². The first kappa shape index (κ1) is 10.4. The molecule has 1 aliphatic rings. The summed E-state index contributed by atoms with van der Waals surface area (Å²) in [5, 5.41) is 8.59. The molecule has 1 amide bonds. The molecule has 0 spiro atoms. The summed E-state index contributed by atoms with van der Waals surface area (Å²) in [6.45, 7) is 4.89. The summed E-state index contributed by atoms with van der Waals surface area (Å²) in [6.07, 6.45) is 0.774. The van der Waals surface area contributed by atoms with Crippen molar-refractivity contribution < 1.29 is 4.79 Å². The van der Waals surface area contributed by atoms with Crippen molar-refractivity contribution in [2.24, 2.45) is 5.41 Å². The van der Waals surface area contributed by atoms with Gasteiger partial charge in [0, 0.05) is 13.1 Å². The van der Waals surface area contributed by atoms with Gasteiger partial charge in [0.05, 0.1) is 16.7 Å². The molecule has 72 valence electrons. The van der Waals surface area contributed by atoms with Crippen LogP contribution >= 0.6 is 12.6 Å². The van der Waals surface area contributed by atoms with E-state index in [0.717, 1.165) is 6.42 Å². The molecule has 0 bridgehead atoms. The highest BCUT2D eigenvalue weighted by atomic mass is 32.1. The van der Waals surface area contributed by atoms with Gasteiger partial charge in [-0.25, -0.2) is 0 Å². The lowest BCUT2D eigenvalue weighted by atomic mass is 9.92. The molecule has 0 aromatic heterocycles. The van der Waals surface area contributed by atoms with Gasteiger partial charge in [0.15, 0.2) is 0 Å². The fourth-order valence-electron chi connectivity index (χ4n) is 1.50. The number of rotatable bonds is 1. The van der Waals surface area contributed by atoms with Gasteiger partial charge < -0.3 is 4.90 Å². The molecule has 2 atom stereocenters. The molecule has 1 saturated heterocycles. The summed E-state index contributed by atoms with van der Waals surface area (Å²) in [5.41, 5.74) is -0.349. The SMILES string of the molecule is CC(S)C(=O)N1CCC(C)(C#N)C1. The first-order chi connectivity index (χ1) is 5.98. The molecule has 1 rings (SSSR count). The Balaban J connectivity index is 2.61. The van der Waals surface area contributed by atoms with E-state index in [2.05, 4.69) is 18.7 Å². The second-order valence-electron chi connectivity index (χ2n) is 3.86. The van der Waals surface area contributed by atoms with Crippen LogP contribution in [0.25, 0.3) is 0 Å². The van der Waals surface area contributed by atoms with Gasteiger partial charge in [0.2, 0.25) is 5.91 Å². The number of likely N-dealkylation sites (tertiary alicyclic amines) is 1. The number of hydrogen-bond acceptors (Lipinski definition) is 3. The van der Waals surface area contributed by atoms with Crippen LogP contribution in [0.5, 0.6) is 0 Å². The topological polar surface area (TPSA) is 44.1 Å². The summed E-state index contributed by atoms with van der Waals surface area (Å²) in [7, 11) is 0. The molecule has 1 fully saturated rings. The highest BCUT2D eigenvalue weighted by Crippen LogP contribution is 2.29. The first-order valence-corrected chi connectivity index (χ1v) is 4.88.